The van der Waals surface area contributed by atoms with Gasteiger partial charge in [-0.05, 0) is 25.5 Å². The van der Waals surface area contributed by atoms with Gasteiger partial charge in [0.15, 0.2) is 0 Å². The van der Waals surface area contributed by atoms with Crippen LogP contribution < -0.4 is 16.0 Å². The fourth-order valence-electron chi connectivity index (χ4n) is 2.74. The number of nitrogens with one attached hydrogen (secondary N) is 1. The number of hydrogen-bond acceptors (Lipinski definition) is 4. The average Bonchev–Trinajstić information content (AvgIpc) is 2.95. The van der Waals surface area contributed by atoms with Crippen LogP contribution >= 0.6 is 12.4 Å². The number of amides is 3. The van der Waals surface area contributed by atoms with Gasteiger partial charge in [0.05, 0.1) is 13.1 Å². The third-order valence-corrected chi connectivity index (χ3v) is 3.90. The SMILES string of the molecule is CCN(C(=O)CNC(=O)CN)C1CCN(c2ccccc2)C1=O.Cl. The quantitative estimate of drug-likeness (QED) is 0.759. The highest BCUT2D eigenvalue weighted by molar-refractivity contribution is 6.01. The van der Waals surface area contributed by atoms with E-state index < -0.39 is 11.9 Å². The third kappa shape index (κ3) is 4.46. The Bertz CT molecular complexity index is 582. The molecule has 1 aromatic carbocycles. The third-order valence-electron chi connectivity index (χ3n) is 3.90. The lowest BCUT2D eigenvalue weighted by Gasteiger charge is -2.27. The summed E-state index contributed by atoms with van der Waals surface area (Å²) < 4.78 is 0. The summed E-state index contributed by atoms with van der Waals surface area (Å²) >= 11 is 0. The first-order chi connectivity index (χ1) is 11.1. The van der Waals surface area contributed by atoms with E-state index in [-0.39, 0.29) is 37.3 Å². The molecule has 132 valence electrons. The van der Waals surface area contributed by atoms with E-state index in [0.717, 1.165) is 5.69 Å². The Morgan fingerprint density at radius 3 is 2.58 bits per heavy atom. The fraction of sp³-hybridized carbons (Fsp3) is 0.438. The predicted molar refractivity (Wildman–Crippen MR) is 93.9 cm³/mol. The van der Waals surface area contributed by atoms with Crippen LogP contribution in [0.2, 0.25) is 0 Å². The summed E-state index contributed by atoms with van der Waals surface area (Å²) in [7, 11) is 0. The molecular weight excluding hydrogens is 332 g/mol. The van der Waals surface area contributed by atoms with E-state index in [1.54, 1.807) is 4.90 Å². The number of rotatable bonds is 6. The number of nitrogens with two attached hydrogens (primary N) is 1. The summed E-state index contributed by atoms with van der Waals surface area (Å²) in [6.07, 6.45) is 0.581. The van der Waals surface area contributed by atoms with E-state index >= 15 is 0 Å². The van der Waals surface area contributed by atoms with E-state index in [2.05, 4.69) is 5.32 Å². The van der Waals surface area contributed by atoms with Crippen molar-refractivity contribution < 1.29 is 14.4 Å². The average molecular weight is 355 g/mol. The van der Waals surface area contributed by atoms with Crippen molar-refractivity contribution in [3.63, 3.8) is 0 Å². The zero-order chi connectivity index (χ0) is 16.8. The summed E-state index contributed by atoms with van der Waals surface area (Å²) in [5.74, 6) is -0.753. The molecule has 0 bridgehead atoms. The molecule has 1 fully saturated rings. The molecule has 7 nitrogen and oxygen atoms in total. The molecule has 0 saturated carbocycles. The van der Waals surface area contributed by atoms with Crippen LogP contribution in [0.5, 0.6) is 0 Å². The second kappa shape index (κ2) is 9.24. The molecule has 0 aliphatic carbocycles. The van der Waals surface area contributed by atoms with Gasteiger partial charge in [-0.3, -0.25) is 14.4 Å². The Kier molecular flexibility index (Phi) is 7.67. The highest BCUT2D eigenvalue weighted by Crippen LogP contribution is 2.24. The lowest BCUT2D eigenvalue weighted by Crippen LogP contribution is -2.49. The van der Waals surface area contributed by atoms with Crippen LogP contribution in [0.25, 0.3) is 0 Å². The molecule has 1 unspecified atom stereocenters. The van der Waals surface area contributed by atoms with E-state index in [9.17, 15) is 14.4 Å². The Morgan fingerprint density at radius 2 is 2.00 bits per heavy atom. The molecular formula is C16H23ClN4O3. The van der Waals surface area contributed by atoms with Gasteiger partial charge in [-0.1, -0.05) is 18.2 Å². The van der Waals surface area contributed by atoms with Gasteiger partial charge in [0.25, 0.3) is 0 Å². The number of likely N-dealkylation sites (N-methyl/N-ethyl adjacent to an activating group) is 1. The van der Waals surface area contributed by atoms with E-state index in [0.29, 0.717) is 19.5 Å². The van der Waals surface area contributed by atoms with Gasteiger partial charge in [0.1, 0.15) is 6.04 Å². The van der Waals surface area contributed by atoms with Gasteiger partial charge >= 0.3 is 0 Å². The Balaban J connectivity index is 0.00000288. The normalized spacial score (nSPS) is 16.5. The summed E-state index contributed by atoms with van der Waals surface area (Å²) in [6.45, 7) is 2.51. The zero-order valence-electron chi connectivity index (χ0n) is 13.6. The second-order valence-electron chi connectivity index (χ2n) is 5.29. The van der Waals surface area contributed by atoms with E-state index in [1.807, 2.05) is 37.3 Å². The molecule has 1 heterocycles. The Morgan fingerprint density at radius 1 is 1.33 bits per heavy atom. The van der Waals surface area contributed by atoms with Crippen molar-refractivity contribution in [3.8, 4) is 0 Å². The van der Waals surface area contributed by atoms with Gasteiger partial charge in [-0.25, -0.2) is 0 Å². The summed E-state index contributed by atoms with van der Waals surface area (Å²) in [5, 5.41) is 2.45. The maximum Gasteiger partial charge on any atom is 0.249 e. The molecule has 2 rings (SSSR count). The summed E-state index contributed by atoms with van der Waals surface area (Å²) in [5.41, 5.74) is 6.03. The van der Waals surface area contributed by atoms with Gasteiger partial charge in [-0.2, -0.15) is 0 Å². The van der Waals surface area contributed by atoms with Crippen molar-refractivity contribution in [3.05, 3.63) is 30.3 Å². The molecule has 3 N–H and O–H groups in total. The van der Waals surface area contributed by atoms with Crippen molar-refractivity contribution in [1.29, 1.82) is 0 Å². The largest absolute Gasteiger partial charge is 0.346 e. The lowest BCUT2D eigenvalue weighted by molar-refractivity contribution is -0.138. The van der Waals surface area contributed by atoms with Crippen molar-refractivity contribution in [1.82, 2.24) is 10.2 Å². The van der Waals surface area contributed by atoms with Crippen LogP contribution in [0, 0.1) is 0 Å². The minimum absolute atomic E-state index is 0. The van der Waals surface area contributed by atoms with Crippen LogP contribution in [0.3, 0.4) is 0 Å². The van der Waals surface area contributed by atoms with Crippen molar-refractivity contribution in [2.45, 2.75) is 19.4 Å². The molecule has 1 atom stereocenters. The minimum Gasteiger partial charge on any atom is -0.346 e. The molecule has 3 amide bonds. The number of halogens is 1. The summed E-state index contributed by atoms with van der Waals surface area (Å²) in [6, 6.07) is 8.91. The first kappa shape index (κ1) is 19.9. The van der Waals surface area contributed by atoms with Crippen LogP contribution in [0.4, 0.5) is 5.69 Å². The second-order valence-corrected chi connectivity index (χ2v) is 5.29. The van der Waals surface area contributed by atoms with Crippen molar-refractivity contribution in [2.24, 2.45) is 5.73 Å². The van der Waals surface area contributed by atoms with E-state index in [1.165, 1.54) is 4.90 Å². The minimum atomic E-state index is -0.484. The number of para-hydroxylation sites is 1. The topological polar surface area (TPSA) is 95.7 Å². The van der Waals surface area contributed by atoms with Gasteiger partial charge in [-0.15, -0.1) is 12.4 Å². The Hall–Kier alpha value is -2.12. The van der Waals surface area contributed by atoms with Crippen molar-refractivity contribution >= 4 is 35.8 Å². The number of anilines is 1. The highest BCUT2D eigenvalue weighted by Gasteiger charge is 2.37. The Labute approximate surface area is 147 Å². The monoisotopic (exact) mass is 354 g/mol. The standard InChI is InChI=1S/C16H22N4O3.ClH/c1-2-19(15(22)11-18-14(21)10-17)13-8-9-20(16(13)23)12-6-4-3-5-7-12;/h3-7,13H,2,8-11,17H2,1H3,(H,18,21);1H. The molecule has 1 aliphatic rings. The molecule has 0 radical (unpaired) electrons. The van der Waals surface area contributed by atoms with Crippen molar-refractivity contribution in [2.75, 3.05) is 31.1 Å². The molecule has 1 aliphatic heterocycles. The number of carbonyl (C=O) groups is 3. The van der Waals surface area contributed by atoms with Gasteiger partial charge in [0.2, 0.25) is 17.7 Å². The van der Waals surface area contributed by atoms with E-state index in [4.69, 9.17) is 5.73 Å². The van der Waals surface area contributed by atoms with Crippen LogP contribution in [0.15, 0.2) is 30.3 Å². The predicted octanol–water partition coefficient (Wildman–Crippen LogP) is 0.137. The lowest BCUT2D eigenvalue weighted by atomic mass is 10.2. The maximum absolute atomic E-state index is 12.6. The van der Waals surface area contributed by atoms with Crippen LogP contribution in [0.1, 0.15) is 13.3 Å². The number of nitrogens with zero attached hydrogens (tertiary/aromatic N) is 2. The van der Waals surface area contributed by atoms with Gasteiger partial charge in [0, 0.05) is 18.8 Å². The highest BCUT2D eigenvalue weighted by atomic mass is 35.5. The molecule has 8 heteroatoms. The molecule has 1 aromatic rings. The van der Waals surface area contributed by atoms with Crippen LogP contribution in [-0.2, 0) is 14.4 Å². The molecule has 1 saturated heterocycles. The maximum atomic E-state index is 12.6. The number of benzene rings is 1. The number of hydrogen-bond donors (Lipinski definition) is 2. The number of carbonyl (C=O) groups excluding carboxylic acids is 3. The zero-order valence-corrected chi connectivity index (χ0v) is 14.4. The molecule has 0 spiro atoms. The molecule has 0 aromatic heterocycles. The first-order valence-corrected chi connectivity index (χ1v) is 7.71. The smallest absolute Gasteiger partial charge is 0.249 e. The van der Waals surface area contributed by atoms with Gasteiger partial charge < -0.3 is 20.9 Å². The first-order valence-electron chi connectivity index (χ1n) is 7.71. The summed E-state index contributed by atoms with van der Waals surface area (Å²) in [4.78, 5) is 39.3. The fourth-order valence-corrected chi connectivity index (χ4v) is 2.74. The molecule has 24 heavy (non-hydrogen) atoms. The van der Waals surface area contributed by atoms with Crippen LogP contribution in [-0.4, -0.2) is 54.8 Å².